The van der Waals surface area contributed by atoms with Gasteiger partial charge in [-0.1, -0.05) is 23.2 Å². The van der Waals surface area contributed by atoms with Crippen molar-refractivity contribution in [2.45, 2.75) is 25.8 Å². The molecule has 0 saturated heterocycles. The Morgan fingerprint density at radius 2 is 1.86 bits per heavy atom. The molecule has 2 aromatic rings. The van der Waals surface area contributed by atoms with E-state index in [4.69, 9.17) is 39.2 Å². The van der Waals surface area contributed by atoms with E-state index in [1.165, 1.54) is 0 Å². The van der Waals surface area contributed by atoms with Crippen LogP contribution in [0, 0.1) is 0 Å². The predicted molar refractivity (Wildman–Crippen MR) is 108 cm³/mol. The molecule has 28 heavy (non-hydrogen) atoms. The Kier molecular flexibility index (Phi) is 6.71. The molecule has 0 radical (unpaired) electrons. The molecule has 0 spiro atoms. The molecule has 5 N–H and O–H groups in total. The fourth-order valence-corrected chi connectivity index (χ4v) is 3.29. The molecule has 1 aromatic carbocycles. The van der Waals surface area contributed by atoms with Crippen LogP contribution >= 0.6 is 23.2 Å². The number of aryl methyl sites for hydroxylation is 1. The summed E-state index contributed by atoms with van der Waals surface area (Å²) in [5, 5.41) is 1.14. The molecule has 0 unspecified atom stereocenters. The smallest absolute Gasteiger partial charge is 0.296 e. The number of nitrogens with two attached hydrogens (primary N) is 2. The van der Waals surface area contributed by atoms with E-state index in [1.54, 1.807) is 16.7 Å². The molecular formula is C16H18Cl2N4O5S. The number of carbonyl (C=O) groups is 2. The minimum atomic E-state index is -3.67. The Morgan fingerprint density at radius 3 is 2.43 bits per heavy atom. The highest BCUT2D eigenvalue weighted by Crippen LogP contribution is 2.37. The molecule has 152 valence electrons. The molecule has 1 aromatic heterocycles. The van der Waals surface area contributed by atoms with Crippen molar-refractivity contribution < 1.29 is 22.6 Å². The third-order valence-corrected chi connectivity index (χ3v) is 4.66. The van der Waals surface area contributed by atoms with Gasteiger partial charge in [0.15, 0.2) is 11.7 Å². The van der Waals surface area contributed by atoms with Gasteiger partial charge < -0.3 is 16.0 Å². The van der Waals surface area contributed by atoms with Gasteiger partial charge in [0.1, 0.15) is 5.69 Å². The van der Waals surface area contributed by atoms with Gasteiger partial charge in [-0.2, -0.15) is 13.4 Å². The molecule has 1 aliphatic rings. The summed E-state index contributed by atoms with van der Waals surface area (Å²) in [5.41, 5.74) is 11.9. The van der Waals surface area contributed by atoms with Crippen LogP contribution in [0.4, 0.5) is 0 Å². The molecule has 0 aliphatic carbocycles. The van der Waals surface area contributed by atoms with Crippen LogP contribution in [0.5, 0.6) is 0 Å². The first-order valence-electron chi connectivity index (χ1n) is 8.01. The van der Waals surface area contributed by atoms with Crippen molar-refractivity contribution in [1.29, 1.82) is 0 Å². The topological polar surface area (TPSA) is 158 Å². The lowest BCUT2D eigenvalue weighted by molar-refractivity contribution is 0.0969. The Bertz CT molecular complexity index is 1080. The van der Waals surface area contributed by atoms with Crippen LogP contribution < -0.4 is 11.5 Å². The molecular weight excluding hydrogens is 431 g/mol. The van der Waals surface area contributed by atoms with Gasteiger partial charge in [0.25, 0.3) is 16.0 Å². The number of halogens is 2. The summed E-state index contributed by atoms with van der Waals surface area (Å²) < 4.78 is 27.6. The normalized spacial score (nSPS) is 13.9. The fourth-order valence-electron chi connectivity index (χ4n) is 2.88. The number of nitrogens with zero attached hydrogens (tertiary/aromatic N) is 2. The Morgan fingerprint density at radius 1 is 1.25 bits per heavy atom. The zero-order chi connectivity index (χ0) is 21.2. The van der Waals surface area contributed by atoms with Crippen LogP contribution in [0.15, 0.2) is 17.1 Å². The maximum absolute atomic E-state index is 12.4. The third kappa shape index (κ3) is 5.22. The third-order valence-electron chi connectivity index (χ3n) is 3.85. The molecule has 2 heterocycles. The summed E-state index contributed by atoms with van der Waals surface area (Å²) in [4.78, 5) is 28.3. The van der Waals surface area contributed by atoms with Crippen LogP contribution in [0.1, 0.15) is 40.1 Å². The first kappa shape index (κ1) is 22.2. The van der Waals surface area contributed by atoms with Gasteiger partial charge in [-0.05, 0) is 25.0 Å². The number of benzene rings is 1. The summed E-state index contributed by atoms with van der Waals surface area (Å²) in [6.07, 6.45) is 2.65. The maximum atomic E-state index is 12.4. The van der Waals surface area contributed by atoms with E-state index in [0.717, 1.165) is 12.8 Å². The number of amides is 1. The van der Waals surface area contributed by atoms with Gasteiger partial charge in [0, 0.05) is 23.9 Å². The summed E-state index contributed by atoms with van der Waals surface area (Å²) >= 11 is 12.4. The monoisotopic (exact) mass is 448 g/mol. The quantitative estimate of drug-likeness (QED) is 0.342. The number of hydrogen-bond acceptors (Lipinski definition) is 4. The van der Waals surface area contributed by atoms with Gasteiger partial charge in [-0.25, -0.2) is 0 Å². The largest absolute Gasteiger partial charge is 0.370 e. The van der Waals surface area contributed by atoms with E-state index >= 15 is 0 Å². The van der Waals surface area contributed by atoms with Gasteiger partial charge in [0.05, 0.1) is 21.8 Å². The lowest BCUT2D eigenvalue weighted by atomic mass is 10.0. The zero-order valence-electron chi connectivity index (χ0n) is 14.8. The summed E-state index contributed by atoms with van der Waals surface area (Å²) in [5.74, 6) is -0.917. The van der Waals surface area contributed by atoms with Crippen LogP contribution in [-0.4, -0.2) is 41.4 Å². The Hall–Kier alpha value is -2.14. The van der Waals surface area contributed by atoms with Crippen molar-refractivity contribution in [3.8, 4) is 0 Å². The van der Waals surface area contributed by atoms with Crippen LogP contribution in [0.2, 0.25) is 10.0 Å². The zero-order valence-corrected chi connectivity index (χ0v) is 17.1. The first-order chi connectivity index (χ1) is 12.9. The molecule has 0 saturated carbocycles. The minimum absolute atomic E-state index is 0.0199. The van der Waals surface area contributed by atoms with Crippen molar-refractivity contribution in [3.63, 3.8) is 0 Å². The second-order valence-electron chi connectivity index (χ2n) is 6.12. The van der Waals surface area contributed by atoms with Crippen molar-refractivity contribution in [2.24, 2.45) is 16.5 Å². The molecule has 3 rings (SSSR count). The average molecular weight is 449 g/mol. The Balaban J connectivity index is 0.000000500. The number of aliphatic imine (C=N–C) groups is 1. The Labute approximate surface area is 171 Å². The number of ketones is 1. The number of guanidine groups is 1. The average Bonchev–Trinajstić information content (AvgIpc) is 2.90. The van der Waals surface area contributed by atoms with Crippen molar-refractivity contribution >= 4 is 61.9 Å². The maximum Gasteiger partial charge on any atom is 0.296 e. The highest BCUT2D eigenvalue weighted by atomic mass is 35.5. The van der Waals surface area contributed by atoms with E-state index < -0.39 is 16.0 Å². The molecule has 0 bridgehead atoms. The van der Waals surface area contributed by atoms with Crippen LogP contribution in [0.3, 0.4) is 0 Å². The van der Waals surface area contributed by atoms with E-state index in [9.17, 15) is 18.0 Å². The molecule has 9 nitrogen and oxygen atoms in total. The van der Waals surface area contributed by atoms with Crippen molar-refractivity contribution in [3.05, 3.63) is 33.4 Å². The number of hydrogen-bond donors (Lipinski definition) is 3. The molecule has 0 atom stereocenters. The molecule has 0 fully saturated rings. The van der Waals surface area contributed by atoms with Gasteiger partial charge in [-0.15, -0.1) is 0 Å². The van der Waals surface area contributed by atoms with Crippen LogP contribution in [0.25, 0.3) is 10.9 Å². The lowest BCUT2D eigenvalue weighted by Gasteiger charge is -2.15. The molecule has 1 aliphatic heterocycles. The summed E-state index contributed by atoms with van der Waals surface area (Å²) in [6.45, 7) is 0.572. The molecule has 1 amide bonds. The van der Waals surface area contributed by atoms with Gasteiger partial charge >= 0.3 is 0 Å². The van der Waals surface area contributed by atoms with E-state index in [0.29, 0.717) is 40.7 Å². The predicted octanol–water partition coefficient (Wildman–Crippen LogP) is 2.23. The number of aromatic nitrogens is 1. The second kappa shape index (κ2) is 8.48. The second-order valence-corrected chi connectivity index (χ2v) is 8.37. The van der Waals surface area contributed by atoms with E-state index in [1.807, 2.05) is 0 Å². The highest BCUT2D eigenvalue weighted by Gasteiger charge is 2.25. The standard InChI is InChI=1S/C15H14Cl2N4O2.CH4O3S/c16-9-5-7-11(22)3-1-2-4-21-10(14(23)20-15(18)19)6-8(12(9)17)13(7)21;1-5(2,3)4/h5-6H,1-4H2,(H4,18,19,20,23);1H3,(H,2,3,4). The number of Topliss-reactive ketones (excluding diaryl/α,β-unsaturated/α-hetero) is 1. The van der Waals surface area contributed by atoms with E-state index in [2.05, 4.69) is 4.99 Å². The van der Waals surface area contributed by atoms with Crippen molar-refractivity contribution in [1.82, 2.24) is 4.57 Å². The van der Waals surface area contributed by atoms with Crippen LogP contribution in [-0.2, 0) is 16.7 Å². The first-order valence-corrected chi connectivity index (χ1v) is 10.6. The van der Waals surface area contributed by atoms with Gasteiger partial charge in [0.2, 0.25) is 0 Å². The van der Waals surface area contributed by atoms with Crippen molar-refractivity contribution in [2.75, 3.05) is 6.26 Å². The number of rotatable bonds is 1. The summed E-state index contributed by atoms with van der Waals surface area (Å²) in [6, 6.07) is 3.14. The minimum Gasteiger partial charge on any atom is -0.370 e. The fraction of sp³-hybridized carbons (Fsp3) is 0.312. The number of carbonyl (C=O) groups excluding carboxylic acids is 2. The summed E-state index contributed by atoms with van der Waals surface area (Å²) in [7, 11) is -3.67. The molecule has 12 heteroatoms. The highest BCUT2D eigenvalue weighted by molar-refractivity contribution is 7.85. The lowest BCUT2D eigenvalue weighted by Crippen LogP contribution is -2.25. The van der Waals surface area contributed by atoms with E-state index in [-0.39, 0.29) is 22.5 Å². The SMILES string of the molecule is CS(=O)(=O)O.NC(N)=NC(=O)c1cc2c(Cl)c(Cl)cc3c2n1CCCCC3=O. The van der Waals surface area contributed by atoms with Gasteiger partial charge in [-0.3, -0.25) is 14.1 Å².